The number of hydrogen-bond acceptors (Lipinski definition) is 7. The van der Waals surface area contributed by atoms with Crippen molar-refractivity contribution in [3.63, 3.8) is 0 Å². The summed E-state index contributed by atoms with van der Waals surface area (Å²) < 4.78 is 2.39. The first kappa shape index (κ1) is 43.1. The van der Waals surface area contributed by atoms with Gasteiger partial charge in [0.15, 0.2) is 34.9 Å². The lowest BCUT2D eigenvalue weighted by Crippen LogP contribution is -2.10. The Morgan fingerprint density at radius 1 is 0.333 bits per heavy atom. The molecule has 0 atom stereocenters. The molecule has 0 aliphatic heterocycles. The Morgan fingerprint density at radius 3 is 1.13 bits per heavy atom. The van der Waals surface area contributed by atoms with Crippen LogP contribution >= 0.6 is 0 Å². The van der Waals surface area contributed by atoms with Gasteiger partial charge in [-0.2, -0.15) is 0 Å². The maximum absolute atomic E-state index is 5.27. The second kappa shape index (κ2) is 17.3. The minimum Gasteiger partial charge on any atom is -0.309 e. The molecule has 334 valence electrons. The molecular weight excluding hydrogens is 845 g/mol. The molecule has 8 nitrogen and oxygen atoms in total. The zero-order valence-corrected chi connectivity index (χ0v) is 39.6. The van der Waals surface area contributed by atoms with Gasteiger partial charge in [0.05, 0.1) is 11.0 Å². The van der Waals surface area contributed by atoms with E-state index < -0.39 is 0 Å². The van der Waals surface area contributed by atoms with E-state index in [9.17, 15) is 0 Å². The van der Waals surface area contributed by atoms with Gasteiger partial charge in [0.1, 0.15) is 0 Å². The fourth-order valence-corrected chi connectivity index (χ4v) is 8.99. The summed E-state index contributed by atoms with van der Waals surface area (Å²) in [5.41, 5.74) is 12.6. The zero-order valence-electron chi connectivity index (χ0n) is 39.6. The molecule has 69 heavy (non-hydrogen) atoms. The second-order valence-corrected chi connectivity index (χ2v) is 19.5. The molecule has 0 saturated heterocycles. The number of pyridine rings is 1. The van der Waals surface area contributed by atoms with Crippen molar-refractivity contribution in [3.05, 3.63) is 206 Å². The average Bonchev–Trinajstić information content (AvgIpc) is 3.72. The van der Waals surface area contributed by atoms with Crippen LogP contribution in [0.4, 0.5) is 0 Å². The Bertz CT molecular complexity index is 3480. The van der Waals surface area contributed by atoms with Crippen molar-refractivity contribution in [2.45, 2.75) is 52.4 Å². The van der Waals surface area contributed by atoms with Crippen LogP contribution in [-0.4, -0.2) is 39.5 Å². The molecule has 8 heteroatoms. The molecule has 4 heterocycles. The third-order valence-electron chi connectivity index (χ3n) is 12.8. The number of nitrogens with zero attached hydrogens (tertiary/aromatic N) is 8. The van der Waals surface area contributed by atoms with E-state index in [0.29, 0.717) is 34.9 Å². The maximum Gasteiger partial charge on any atom is 0.166 e. The van der Waals surface area contributed by atoms with E-state index in [0.717, 1.165) is 61.2 Å². The van der Waals surface area contributed by atoms with Crippen LogP contribution in [0.3, 0.4) is 0 Å². The fourth-order valence-electron chi connectivity index (χ4n) is 8.99. The summed E-state index contributed by atoms with van der Waals surface area (Å²) in [6.07, 6.45) is 3.68. The van der Waals surface area contributed by atoms with E-state index in [-0.39, 0.29) is 10.8 Å². The predicted octanol–water partition coefficient (Wildman–Crippen LogP) is 14.8. The van der Waals surface area contributed by atoms with E-state index in [1.165, 1.54) is 21.9 Å². The molecule has 0 unspecified atom stereocenters. The lowest BCUT2D eigenvalue weighted by Gasteiger charge is -2.19. The zero-order chi connectivity index (χ0) is 47.3. The van der Waals surface area contributed by atoms with Gasteiger partial charge in [-0.3, -0.25) is 4.98 Å². The quantitative estimate of drug-likeness (QED) is 0.150. The van der Waals surface area contributed by atoms with Crippen molar-refractivity contribution in [2.24, 2.45) is 0 Å². The third-order valence-corrected chi connectivity index (χ3v) is 12.8. The number of hydrogen-bond donors (Lipinski definition) is 0. The Kier molecular flexibility index (Phi) is 10.8. The normalized spacial score (nSPS) is 11.9. The third kappa shape index (κ3) is 8.35. The summed E-state index contributed by atoms with van der Waals surface area (Å²) in [4.78, 5) is 35.7. The smallest absolute Gasteiger partial charge is 0.166 e. The summed E-state index contributed by atoms with van der Waals surface area (Å²) in [7, 11) is 0. The van der Waals surface area contributed by atoms with Gasteiger partial charge >= 0.3 is 0 Å². The highest BCUT2D eigenvalue weighted by atomic mass is 15.0. The topological polar surface area (TPSA) is 95.2 Å². The lowest BCUT2D eigenvalue weighted by molar-refractivity contribution is 0.590. The minimum atomic E-state index is -0.0334. The van der Waals surface area contributed by atoms with E-state index >= 15 is 0 Å². The first-order chi connectivity index (χ1) is 33.5. The molecule has 7 aromatic carbocycles. The second-order valence-electron chi connectivity index (χ2n) is 19.5. The minimum absolute atomic E-state index is 0.0334. The number of fused-ring (bicyclic) bond motifs is 3. The van der Waals surface area contributed by atoms with Gasteiger partial charge < -0.3 is 4.57 Å². The molecular formula is C61H50N8. The first-order valence-corrected chi connectivity index (χ1v) is 23.4. The number of benzene rings is 7. The van der Waals surface area contributed by atoms with Crippen molar-refractivity contribution in [1.29, 1.82) is 0 Å². The van der Waals surface area contributed by atoms with Crippen LogP contribution in [0.15, 0.2) is 194 Å². The maximum atomic E-state index is 5.27. The van der Waals surface area contributed by atoms with Gasteiger partial charge in [0.25, 0.3) is 0 Å². The summed E-state index contributed by atoms with van der Waals surface area (Å²) in [5.74, 6) is 3.31. The van der Waals surface area contributed by atoms with Crippen LogP contribution in [0.25, 0.3) is 107 Å². The molecule has 0 aliphatic rings. The Hall–Kier alpha value is -8.49. The highest BCUT2D eigenvalue weighted by Crippen LogP contribution is 2.42. The van der Waals surface area contributed by atoms with Crippen molar-refractivity contribution < 1.29 is 0 Å². The van der Waals surface area contributed by atoms with Crippen LogP contribution in [0.1, 0.15) is 52.7 Å². The summed E-state index contributed by atoms with van der Waals surface area (Å²) in [5, 5.41) is 2.42. The van der Waals surface area contributed by atoms with E-state index in [2.05, 4.69) is 101 Å². The van der Waals surface area contributed by atoms with Crippen molar-refractivity contribution in [3.8, 4) is 85.1 Å². The molecule has 0 saturated carbocycles. The predicted molar refractivity (Wildman–Crippen MR) is 281 cm³/mol. The van der Waals surface area contributed by atoms with Crippen LogP contribution in [0.5, 0.6) is 0 Å². The molecule has 11 aromatic rings. The van der Waals surface area contributed by atoms with Gasteiger partial charge in [-0.1, -0.05) is 175 Å². The first-order valence-electron chi connectivity index (χ1n) is 23.4. The molecule has 0 fully saturated rings. The molecule has 4 aromatic heterocycles. The Morgan fingerprint density at radius 2 is 0.725 bits per heavy atom. The largest absolute Gasteiger partial charge is 0.309 e. The summed E-state index contributed by atoms with van der Waals surface area (Å²) >= 11 is 0. The van der Waals surface area contributed by atoms with Gasteiger partial charge in [-0.15, -0.1) is 0 Å². The van der Waals surface area contributed by atoms with Crippen molar-refractivity contribution in [1.82, 2.24) is 39.5 Å². The standard InChI is InChI=1S/C61H50N8/c1-60(2,3)43-27-31-52-49(35-43)50-36-44(61(4,5)6)28-32-53(50)69(52)45-29-30-47(58-65-54(39-19-11-7-12-20-39)63-55(66-58)40-21-13-8-14-22-40)48(37-45)46-33-34-62-38-51(46)59-67-56(41-23-15-9-16-24-41)64-57(68-59)42-25-17-10-18-26-42/h7-38H,1-6H3. The molecule has 0 spiro atoms. The van der Waals surface area contributed by atoms with E-state index in [1.807, 2.05) is 140 Å². The highest BCUT2D eigenvalue weighted by molar-refractivity contribution is 6.10. The van der Waals surface area contributed by atoms with E-state index in [1.54, 1.807) is 0 Å². The molecule has 0 aliphatic carbocycles. The van der Waals surface area contributed by atoms with Crippen LogP contribution in [0, 0.1) is 0 Å². The SMILES string of the molecule is CC(C)(C)c1ccc2c(c1)c1cc(C(C)(C)C)ccc1n2-c1ccc(-c2nc(-c3ccccc3)nc(-c3ccccc3)n2)c(-c2ccncc2-c2nc(-c3ccccc3)nc(-c3ccccc3)n2)c1. The van der Waals surface area contributed by atoms with E-state index in [4.69, 9.17) is 34.9 Å². The van der Waals surface area contributed by atoms with Crippen LogP contribution in [-0.2, 0) is 10.8 Å². The molecule has 0 radical (unpaired) electrons. The van der Waals surface area contributed by atoms with Crippen LogP contribution < -0.4 is 0 Å². The van der Waals surface area contributed by atoms with Gasteiger partial charge in [-0.05, 0) is 81.6 Å². The van der Waals surface area contributed by atoms with Crippen molar-refractivity contribution >= 4 is 21.8 Å². The number of rotatable bonds is 8. The Labute approximate surface area is 402 Å². The van der Waals surface area contributed by atoms with Gasteiger partial charge in [0, 0.05) is 62.2 Å². The van der Waals surface area contributed by atoms with Crippen molar-refractivity contribution in [2.75, 3.05) is 0 Å². The van der Waals surface area contributed by atoms with Gasteiger partial charge in [0.2, 0.25) is 0 Å². The molecule has 11 rings (SSSR count). The molecule has 0 amide bonds. The average molecular weight is 895 g/mol. The number of aromatic nitrogens is 8. The van der Waals surface area contributed by atoms with Gasteiger partial charge in [-0.25, -0.2) is 29.9 Å². The highest BCUT2D eigenvalue weighted by Gasteiger charge is 2.25. The fraction of sp³-hybridized carbons (Fsp3) is 0.131. The molecule has 0 bridgehead atoms. The lowest BCUT2D eigenvalue weighted by atomic mass is 9.85. The molecule has 0 N–H and O–H groups in total. The monoisotopic (exact) mass is 894 g/mol. The summed E-state index contributed by atoms with van der Waals surface area (Å²) in [6, 6.07) is 62.8. The Balaban J connectivity index is 1.21. The summed E-state index contributed by atoms with van der Waals surface area (Å²) in [6.45, 7) is 13.6. The van der Waals surface area contributed by atoms with Crippen LogP contribution in [0.2, 0.25) is 0 Å².